The van der Waals surface area contributed by atoms with E-state index in [2.05, 4.69) is 5.32 Å². The van der Waals surface area contributed by atoms with Crippen LogP contribution in [0, 0.1) is 11.6 Å². The Balaban J connectivity index is 2.72. The number of hydrogen-bond acceptors (Lipinski definition) is 3. The quantitative estimate of drug-likeness (QED) is 0.759. The summed E-state index contributed by atoms with van der Waals surface area (Å²) in [4.78, 5) is 11.9. The van der Waals surface area contributed by atoms with Crippen LogP contribution in [0.3, 0.4) is 0 Å². The molecule has 2 atom stereocenters. The van der Waals surface area contributed by atoms with Crippen LogP contribution in [0.15, 0.2) is 23.1 Å². The number of thioether (sulfide) groups is 1. The highest BCUT2D eigenvalue weighted by Gasteiger charge is 2.33. The van der Waals surface area contributed by atoms with E-state index in [4.69, 9.17) is 0 Å². The zero-order valence-corrected chi connectivity index (χ0v) is 12.6. The number of carboxylic acid groups (broad SMARTS) is 1. The average Bonchev–Trinajstić information content (AvgIpc) is 2.33. The summed E-state index contributed by atoms with van der Waals surface area (Å²) in [6.45, 7) is 5.88. The number of aliphatic carboxylic acids is 1. The molecule has 0 aliphatic heterocycles. The molecule has 0 bridgehead atoms. The van der Waals surface area contributed by atoms with Crippen molar-refractivity contribution in [3.63, 3.8) is 0 Å². The molecule has 6 heteroatoms. The molecule has 0 saturated heterocycles. The lowest BCUT2D eigenvalue weighted by Gasteiger charge is -2.28. The number of benzene rings is 1. The maximum atomic E-state index is 13.1. The summed E-state index contributed by atoms with van der Waals surface area (Å²) >= 11 is 1.33. The molecule has 20 heavy (non-hydrogen) atoms. The second-order valence-corrected chi connectivity index (χ2v) is 6.39. The number of hydrogen-bond donors (Lipinski definition) is 2. The minimum Gasteiger partial charge on any atom is -0.480 e. The number of carbonyl (C=O) groups is 1. The molecule has 1 aromatic rings. The first kappa shape index (κ1) is 16.9. The summed E-state index contributed by atoms with van der Waals surface area (Å²) in [6.07, 6.45) is 0.375. The molecule has 0 saturated carbocycles. The minimum absolute atomic E-state index is 0.0555. The number of rotatable bonds is 7. The Bertz CT molecular complexity index is 484. The van der Waals surface area contributed by atoms with Crippen molar-refractivity contribution in [3.05, 3.63) is 29.8 Å². The van der Waals surface area contributed by atoms with Crippen LogP contribution in [0.1, 0.15) is 27.2 Å². The van der Waals surface area contributed by atoms with Gasteiger partial charge in [0.1, 0.15) is 5.54 Å². The highest BCUT2D eigenvalue weighted by molar-refractivity contribution is 7.99. The van der Waals surface area contributed by atoms with Crippen LogP contribution in [-0.2, 0) is 4.79 Å². The van der Waals surface area contributed by atoms with Gasteiger partial charge in [-0.25, -0.2) is 8.78 Å². The molecule has 0 radical (unpaired) electrons. The lowest BCUT2D eigenvalue weighted by Crippen LogP contribution is -2.50. The first-order chi connectivity index (χ1) is 9.28. The van der Waals surface area contributed by atoms with E-state index in [1.807, 2.05) is 13.8 Å². The normalized spacial score (nSPS) is 15.7. The SMILES string of the molecule is CCNC(C)(CC(C)Sc1ccc(F)c(F)c1)C(=O)O. The molecule has 0 aliphatic rings. The highest BCUT2D eigenvalue weighted by Crippen LogP contribution is 2.29. The van der Waals surface area contributed by atoms with Crippen molar-refractivity contribution in [3.8, 4) is 0 Å². The lowest BCUT2D eigenvalue weighted by atomic mass is 9.96. The van der Waals surface area contributed by atoms with Crippen LogP contribution in [0.5, 0.6) is 0 Å². The second kappa shape index (κ2) is 7.04. The summed E-state index contributed by atoms with van der Waals surface area (Å²) in [5, 5.41) is 12.2. The third-order valence-electron chi connectivity index (χ3n) is 2.96. The lowest BCUT2D eigenvalue weighted by molar-refractivity contribution is -0.144. The van der Waals surface area contributed by atoms with Crippen molar-refractivity contribution in [1.29, 1.82) is 0 Å². The van der Waals surface area contributed by atoms with Crippen molar-refractivity contribution >= 4 is 17.7 Å². The molecular weight excluding hydrogens is 284 g/mol. The average molecular weight is 303 g/mol. The molecule has 2 N–H and O–H groups in total. The van der Waals surface area contributed by atoms with E-state index >= 15 is 0 Å². The fraction of sp³-hybridized carbons (Fsp3) is 0.500. The van der Waals surface area contributed by atoms with Crippen molar-refractivity contribution in [2.75, 3.05) is 6.54 Å². The van der Waals surface area contributed by atoms with Crippen molar-refractivity contribution in [2.24, 2.45) is 0 Å². The van der Waals surface area contributed by atoms with E-state index < -0.39 is 23.1 Å². The van der Waals surface area contributed by atoms with Gasteiger partial charge in [-0.2, -0.15) is 0 Å². The summed E-state index contributed by atoms with van der Waals surface area (Å²) < 4.78 is 26.0. The van der Waals surface area contributed by atoms with E-state index in [-0.39, 0.29) is 5.25 Å². The molecule has 1 aromatic carbocycles. The largest absolute Gasteiger partial charge is 0.480 e. The topological polar surface area (TPSA) is 49.3 Å². The van der Waals surface area contributed by atoms with Gasteiger partial charge in [0.15, 0.2) is 11.6 Å². The van der Waals surface area contributed by atoms with Gasteiger partial charge in [-0.3, -0.25) is 4.79 Å². The maximum absolute atomic E-state index is 13.1. The van der Waals surface area contributed by atoms with Crippen LogP contribution in [-0.4, -0.2) is 28.4 Å². The fourth-order valence-electron chi connectivity index (χ4n) is 2.02. The smallest absolute Gasteiger partial charge is 0.323 e. The maximum Gasteiger partial charge on any atom is 0.323 e. The van der Waals surface area contributed by atoms with Gasteiger partial charge in [0, 0.05) is 10.1 Å². The molecule has 112 valence electrons. The molecule has 0 amide bonds. The number of nitrogens with one attached hydrogen (secondary N) is 1. The van der Waals surface area contributed by atoms with Gasteiger partial charge in [-0.05, 0) is 38.1 Å². The minimum atomic E-state index is -1.03. The Kier molecular flexibility index (Phi) is 5.95. The molecule has 3 nitrogen and oxygen atoms in total. The predicted molar refractivity (Wildman–Crippen MR) is 76.0 cm³/mol. The molecule has 0 aliphatic carbocycles. The van der Waals surface area contributed by atoms with Gasteiger partial charge in [0.05, 0.1) is 0 Å². The zero-order chi connectivity index (χ0) is 15.3. The van der Waals surface area contributed by atoms with Gasteiger partial charge in [-0.15, -0.1) is 11.8 Å². The molecular formula is C14H19F2NO2S. The summed E-state index contributed by atoms with van der Waals surface area (Å²) in [7, 11) is 0. The standard InChI is InChI=1S/C14H19F2NO2S/c1-4-17-14(3,13(18)19)8-9(2)20-10-5-6-11(15)12(16)7-10/h5-7,9,17H,4,8H2,1-3H3,(H,18,19). The predicted octanol–water partition coefficient (Wildman–Crippen LogP) is 3.29. The first-order valence-corrected chi connectivity index (χ1v) is 7.26. The van der Waals surface area contributed by atoms with E-state index in [0.717, 1.165) is 12.1 Å². The van der Waals surface area contributed by atoms with Crippen LogP contribution in [0.4, 0.5) is 8.78 Å². The Hall–Kier alpha value is -1.14. The molecule has 1 rings (SSSR count). The van der Waals surface area contributed by atoms with Gasteiger partial charge in [-0.1, -0.05) is 13.8 Å². The Morgan fingerprint density at radius 1 is 1.45 bits per heavy atom. The second-order valence-electron chi connectivity index (χ2n) is 4.88. The number of likely N-dealkylation sites (N-methyl/N-ethyl adjacent to an activating group) is 1. The van der Waals surface area contributed by atoms with Crippen LogP contribution >= 0.6 is 11.8 Å². The van der Waals surface area contributed by atoms with Gasteiger partial charge in [0.2, 0.25) is 0 Å². The van der Waals surface area contributed by atoms with Crippen molar-refractivity contribution in [1.82, 2.24) is 5.32 Å². The van der Waals surface area contributed by atoms with Gasteiger partial charge in [0.25, 0.3) is 0 Å². The Morgan fingerprint density at radius 2 is 2.10 bits per heavy atom. The van der Waals surface area contributed by atoms with Crippen LogP contribution in [0.2, 0.25) is 0 Å². The Morgan fingerprint density at radius 3 is 2.60 bits per heavy atom. The molecule has 0 fully saturated rings. The number of halogens is 2. The summed E-state index contributed by atoms with van der Waals surface area (Å²) in [6, 6.07) is 3.69. The highest BCUT2D eigenvalue weighted by atomic mass is 32.2. The van der Waals surface area contributed by atoms with E-state index in [1.165, 1.54) is 17.8 Å². The first-order valence-electron chi connectivity index (χ1n) is 6.38. The molecule has 2 unspecified atom stereocenters. The third kappa shape index (κ3) is 4.45. The molecule has 0 heterocycles. The summed E-state index contributed by atoms with van der Waals surface area (Å²) in [5.41, 5.74) is -1.03. The molecule has 0 aromatic heterocycles. The van der Waals surface area contributed by atoms with Crippen LogP contribution < -0.4 is 5.32 Å². The van der Waals surface area contributed by atoms with E-state index in [1.54, 1.807) is 6.92 Å². The van der Waals surface area contributed by atoms with Crippen molar-refractivity contribution in [2.45, 2.75) is 42.9 Å². The van der Waals surface area contributed by atoms with Crippen LogP contribution in [0.25, 0.3) is 0 Å². The van der Waals surface area contributed by atoms with Gasteiger partial charge >= 0.3 is 5.97 Å². The van der Waals surface area contributed by atoms with Crippen molar-refractivity contribution < 1.29 is 18.7 Å². The van der Waals surface area contributed by atoms with E-state index in [0.29, 0.717) is 17.9 Å². The van der Waals surface area contributed by atoms with Gasteiger partial charge < -0.3 is 10.4 Å². The molecule has 0 spiro atoms. The third-order valence-corrected chi connectivity index (χ3v) is 4.06. The summed E-state index contributed by atoms with van der Waals surface area (Å²) in [5.74, 6) is -2.70. The number of carboxylic acids is 1. The monoisotopic (exact) mass is 303 g/mol. The zero-order valence-electron chi connectivity index (χ0n) is 11.7. The Labute approximate surface area is 121 Å². The fourth-order valence-corrected chi connectivity index (χ4v) is 3.22. The van der Waals surface area contributed by atoms with E-state index in [9.17, 15) is 18.7 Å².